The molecule has 0 aromatic carbocycles. The number of allylic oxidation sites excluding steroid dienone is 8. The number of phosphoric ester groups is 1. The maximum Gasteiger partial charge on any atom is 0.472 e. The highest BCUT2D eigenvalue weighted by molar-refractivity contribution is 7.47. The number of ether oxygens (including phenoxy) is 1. The minimum atomic E-state index is -4.76. The molecule has 1 amide bonds. The van der Waals surface area contributed by atoms with Crippen LogP contribution >= 0.6 is 7.82 Å². The standard InChI is InChI=1S/C43H76NO10P/c1-3-5-7-9-11-13-15-17-19-20-21-23-25-27-29-31-33-35-42(47)52-36-39(45)37-53-55(50,51)54-38-40(43(48)49)44-41(46)34-32-30-28-26-24-22-18-16-14-12-10-8-6-4-2/h11,13,17,19,21,23,27,29,39-40,45H,3-10,12,14-16,18,20,22,24-26,28,30-38H2,1-2H3,(H,44,46)(H,48,49)(H,50,51)/b13-11-,19-17-,23-21-,29-27-. The predicted octanol–water partition coefficient (Wildman–Crippen LogP) is 10.6. The number of carboxylic acid groups (broad SMARTS) is 1. The number of rotatable bonds is 39. The molecule has 0 saturated carbocycles. The molecule has 12 heteroatoms. The monoisotopic (exact) mass is 798 g/mol. The average molecular weight is 798 g/mol. The molecule has 0 saturated heterocycles. The summed E-state index contributed by atoms with van der Waals surface area (Å²) < 4.78 is 26.7. The van der Waals surface area contributed by atoms with Crippen molar-refractivity contribution in [1.82, 2.24) is 5.32 Å². The molecule has 0 aliphatic carbocycles. The van der Waals surface area contributed by atoms with Gasteiger partial charge >= 0.3 is 19.8 Å². The van der Waals surface area contributed by atoms with Gasteiger partial charge in [-0.25, -0.2) is 9.36 Å². The number of aliphatic hydroxyl groups excluding tert-OH is 1. The second-order valence-corrected chi connectivity index (χ2v) is 15.6. The van der Waals surface area contributed by atoms with Crippen LogP contribution in [0.4, 0.5) is 0 Å². The quantitative estimate of drug-likeness (QED) is 0.0203. The summed E-state index contributed by atoms with van der Waals surface area (Å²) in [5.74, 6) is -2.43. The lowest BCUT2D eigenvalue weighted by molar-refractivity contribution is -0.147. The van der Waals surface area contributed by atoms with Crippen molar-refractivity contribution in [2.45, 2.75) is 187 Å². The molecule has 0 rings (SSSR count). The molecular weight excluding hydrogens is 721 g/mol. The van der Waals surface area contributed by atoms with Crippen molar-refractivity contribution in [2.24, 2.45) is 0 Å². The Morgan fingerprint density at radius 3 is 1.53 bits per heavy atom. The molecule has 3 atom stereocenters. The fourth-order valence-electron chi connectivity index (χ4n) is 5.54. The van der Waals surface area contributed by atoms with Crippen LogP contribution in [0.25, 0.3) is 0 Å². The number of nitrogens with one attached hydrogen (secondary N) is 1. The Balaban J connectivity index is 3.99. The fraction of sp³-hybridized carbons (Fsp3) is 0.744. The summed E-state index contributed by atoms with van der Waals surface area (Å²) in [6.45, 7) is 2.50. The lowest BCUT2D eigenvalue weighted by atomic mass is 10.0. The SMILES string of the molecule is CCCCC/C=C\C/C=C\C/C=C\C/C=C\CCCC(=O)OCC(O)COP(=O)(O)OCC(NC(=O)CCCCCCCCCCCCCCCC)C(=O)O. The normalized spacial score (nSPS) is 14.3. The molecule has 4 N–H and O–H groups in total. The van der Waals surface area contributed by atoms with Crippen LogP contribution < -0.4 is 5.32 Å². The molecule has 0 aliphatic rings. The van der Waals surface area contributed by atoms with Gasteiger partial charge in [0.2, 0.25) is 5.91 Å². The molecule has 0 bridgehead atoms. The Kier molecular flexibility index (Phi) is 36.5. The number of aliphatic hydroxyl groups is 1. The smallest absolute Gasteiger partial charge is 0.472 e. The number of unbranched alkanes of at least 4 members (excludes halogenated alkanes) is 17. The first-order chi connectivity index (χ1) is 26.6. The van der Waals surface area contributed by atoms with Crippen molar-refractivity contribution in [3.05, 3.63) is 48.6 Å². The summed E-state index contributed by atoms with van der Waals surface area (Å²) in [4.78, 5) is 45.8. The molecule has 11 nitrogen and oxygen atoms in total. The van der Waals surface area contributed by atoms with Gasteiger partial charge in [0, 0.05) is 12.8 Å². The molecule has 0 aromatic heterocycles. The van der Waals surface area contributed by atoms with Crippen LogP contribution in [0.15, 0.2) is 48.6 Å². The van der Waals surface area contributed by atoms with E-state index in [0.29, 0.717) is 19.3 Å². The van der Waals surface area contributed by atoms with E-state index in [1.807, 2.05) is 12.2 Å². The number of phosphoric acid groups is 1. The first kappa shape index (κ1) is 52.4. The summed E-state index contributed by atoms with van der Waals surface area (Å²) in [6.07, 6.45) is 41.4. The average Bonchev–Trinajstić information content (AvgIpc) is 3.16. The van der Waals surface area contributed by atoms with Gasteiger partial charge < -0.3 is 25.2 Å². The number of aliphatic carboxylic acids is 1. The third-order valence-corrected chi connectivity index (χ3v) is 9.82. The minimum Gasteiger partial charge on any atom is -0.480 e. The third-order valence-electron chi connectivity index (χ3n) is 8.87. The van der Waals surface area contributed by atoms with Crippen molar-refractivity contribution in [3.63, 3.8) is 0 Å². The Labute approximate surface area is 333 Å². The van der Waals surface area contributed by atoms with Crippen LogP contribution in [0.1, 0.15) is 174 Å². The Bertz CT molecular complexity index is 1120. The van der Waals surface area contributed by atoms with E-state index in [1.165, 1.54) is 83.5 Å². The lowest BCUT2D eigenvalue weighted by Crippen LogP contribution is -2.43. The summed E-state index contributed by atoms with van der Waals surface area (Å²) in [7, 11) is -4.76. The van der Waals surface area contributed by atoms with E-state index in [2.05, 4.69) is 55.6 Å². The third kappa shape index (κ3) is 38.1. The molecular formula is C43H76NO10P. The number of hydrogen-bond acceptors (Lipinski definition) is 8. The Morgan fingerprint density at radius 2 is 1.02 bits per heavy atom. The van der Waals surface area contributed by atoms with Crippen molar-refractivity contribution in [3.8, 4) is 0 Å². The number of carbonyl (C=O) groups excluding carboxylic acids is 2. The molecule has 0 heterocycles. The van der Waals surface area contributed by atoms with E-state index in [9.17, 15) is 34.1 Å². The van der Waals surface area contributed by atoms with Gasteiger partial charge in [0.05, 0.1) is 13.2 Å². The zero-order valence-electron chi connectivity index (χ0n) is 34.2. The zero-order chi connectivity index (χ0) is 40.7. The van der Waals surface area contributed by atoms with Crippen LogP contribution in [0.2, 0.25) is 0 Å². The lowest BCUT2D eigenvalue weighted by Gasteiger charge is -2.18. The van der Waals surface area contributed by atoms with Gasteiger partial charge in [0.1, 0.15) is 12.7 Å². The van der Waals surface area contributed by atoms with Gasteiger partial charge in [0.15, 0.2) is 6.04 Å². The van der Waals surface area contributed by atoms with E-state index < -0.39 is 57.6 Å². The van der Waals surface area contributed by atoms with Crippen molar-refractivity contribution < 1.29 is 47.8 Å². The first-order valence-corrected chi connectivity index (χ1v) is 22.7. The van der Waals surface area contributed by atoms with Crippen LogP contribution in [0, 0.1) is 0 Å². The highest BCUT2D eigenvalue weighted by atomic mass is 31.2. The van der Waals surface area contributed by atoms with Gasteiger partial charge in [-0.1, -0.05) is 159 Å². The Hall–Kier alpha value is -2.56. The summed E-state index contributed by atoms with van der Waals surface area (Å²) >= 11 is 0. The van der Waals surface area contributed by atoms with E-state index in [-0.39, 0.29) is 12.8 Å². The highest BCUT2D eigenvalue weighted by Gasteiger charge is 2.28. The number of carbonyl (C=O) groups is 3. The second kappa shape index (κ2) is 38.3. The zero-order valence-corrected chi connectivity index (χ0v) is 35.1. The molecule has 0 aliphatic heterocycles. The van der Waals surface area contributed by atoms with Crippen LogP contribution in [0.5, 0.6) is 0 Å². The molecule has 0 radical (unpaired) electrons. The number of carboxylic acids is 1. The van der Waals surface area contributed by atoms with E-state index in [1.54, 1.807) is 0 Å². The van der Waals surface area contributed by atoms with Gasteiger partial charge in [0.25, 0.3) is 0 Å². The van der Waals surface area contributed by atoms with E-state index in [0.717, 1.165) is 44.9 Å². The molecule has 318 valence electrons. The predicted molar refractivity (Wildman–Crippen MR) is 222 cm³/mol. The van der Waals surface area contributed by atoms with E-state index in [4.69, 9.17) is 13.8 Å². The van der Waals surface area contributed by atoms with Gasteiger partial charge in [-0.3, -0.25) is 18.6 Å². The summed E-state index contributed by atoms with van der Waals surface area (Å²) in [6, 6.07) is -1.55. The van der Waals surface area contributed by atoms with Crippen molar-refractivity contribution in [2.75, 3.05) is 19.8 Å². The van der Waals surface area contributed by atoms with Crippen molar-refractivity contribution >= 4 is 25.7 Å². The first-order valence-electron chi connectivity index (χ1n) is 21.2. The van der Waals surface area contributed by atoms with E-state index >= 15 is 0 Å². The van der Waals surface area contributed by atoms with Crippen molar-refractivity contribution in [1.29, 1.82) is 0 Å². The molecule has 0 spiro atoms. The molecule has 0 aromatic rings. The Morgan fingerprint density at radius 1 is 0.582 bits per heavy atom. The maximum atomic E-state index is 12.3. The van der Waals surface area contributed by atoms with Crippen LogP contribution in [-0.4, -0.2) is 64.9 Å². The van der Waals surface area contributed by atoms with Gasteiger partial charge in [-0.15, -0.1) is 0 Å². The fourth-order valence-corrected chi connectivity index (χ4v) is 6.31. The molecule has 0 fully saturated rings. The molecule has 3 unspecified atom stereocenters. The summed E-state index contributed by atoms with van der Waals surface area (Å²) in [5, 5.41) is 21.8. The number of esters is 1. The summed E-state index contributed by atoms with van der Waals surface area (Å²) in [5.41, 5.74) is 0. The maximum absolute atomic E-state index is 12.3. The van der Waals surface area contributed by atoms with Gasteiger partial charge in [-0.2, -0.15) is 0 Å². The minimum absolute atomic E-state index is 0.143. The highest BCUT2D eigenvalue weighted by Crippen LogP contribution is 2.43. The topological polar surface area (TPSA) is 169 Å². The largest absolute Gasteiger partial charge is 0.480 e. The number of amides is 1. The van der Waals surface area contributed by atoms with Crippen LogP contribution in [0.3, 0.4) is 0 Å². The molecule has 55 heavy (non-hydrogen) atoms. The van der Waals surface area contributed by atoms with Crippen LogP contribution in [-0.2, 0) is 32.7 Å². The number of hydrogen-bond donors (Lipinski definition) is 4. The van der Waals surface area contributed by atoms with Gasteiger partial charge in [-0.05, 0) is 51.4 Å². The second-order valence-electron chi connectivity index (χ2n) is 14.2.